The van der Waals surface area contributed by atoms with Crippen molar-refractivity contribution in [3.8, 4) is 0 Å². The van der Waals surface area contributed by atoms with Gasteiger partial charge in [-0.15, -0.1) is 10.2 Å². The van der Waals surface area contributed by atoms with Crippen LogP contribution >= 0.6 is 11.3 Å². The molecule has 3 rings (SSSR count). The third-order valence-electron chi connectivity index (χ3n) is 5.50. The minimum Gasteiger partial charge on any atom is -0.378 e. The van der Waals surface area contributed by atoms with Crippen LogP contribution in [0.25, 0.3) is 0 Å². The molecule has 2 aromatic rings. The Morgan fingerprint density at radius 3 is 2.57 bits per heavy atom. The minimum absolute atomic E-state index is 0.0743. The summed E-state index contributed by atoms with van der Waals surface area (Å²) in [5.41, 5.74) is 4.36. The van der Waals surface area contributed by atoms with E-state index in [0.29, 0.717) is 5.13 Å². The number of ether oxygens (including phenoxy) is 1. The highest BCUT2D eigenvalue weighted by Crippen LogP contribution is 2.42. The molecule has 1 fully saturated rings. The molecule has 0 saturated carbocycles. The lowest BCUT2D eigenvalue weighted by atomic mass is 9.70. The standard InChI is InChI=1S/C23H30N4O2S/c1-5-6-7-17(2)20(23(3,4)21(28)25-22-26-24-16-30-22)18-8-10-19(11-9-18)27-12-14-29-15-13-27/h5-11,16,20H,12-15H2,1-4H3,(H,25,26,28)/b6-5-,17-7+. The summed E-state index contributed by atoms with van der Waals surface area (Å²) in [7, 11) is 0. The summed E-state index contributed by atoms with van der Waals surface area (Å²) in [6.45, 7) is 11.4. The number of carbonyl (C=O) groups is 1. The van der Waals surface area contributed by atoms with Gasteiger partial charge < -0.3 is 15.0 Å². The number of rotatable bonds is 7. The topological polar surface area (TPSA) is 67.3 Å². The van der Waals surface area contributed by atoms with Crippen LogP contribution in [0.2, 0.25) is 0 Å². The van der Waals surface area contributed by atoms with Crippen LogP contribution in [0.5, 0.6) is 0 Å². The monoisotopic (exact) mass is 426 g/mol. The second-order valence-electron chi connectivity index (χ2n) is 7.98. The lowest BCUT2D eigenvalue weighted by Crippen LogP contribution is -2.37. The first-order valence-electron chi connectivity index (χ1n) is 10.2. The molecule has 0 bridgehead atoms. The number of benzene rings is 1. The highest BCUT2D eigenvalue weighted by molar-refractivity contribution is 7.13. The lowest BCUT2D eigenvalue weighted by molar-refractivity contribution is -0.124. The maximum absolute atomic E-state index is 13.2. The molecule has 1 amide bonds. The third-order valence-corrected chi connectivity index (χ3v) is 6.10. The molecule has 160 valence electrons. The van der Waals surface area contributed by atoms with Crippen molar-refractivity contribution in [2.45, 2.75) is 33.6 Å². The Labute approximate surface area is 182 Å². The van der Waals surface area contributed by atoms with Gasteiger partial charge in [-0.05, 0) is 31.5 Å². The molecule has 0 radical (unpaired) electrons. The number of aromatic nitrogens is 2. The highest BCUT2D eigenvalue weighted by Gasteiger charge is 2.39. The van der Waals surface area contributed by atoms with Crippen LogP contribution in [0.3, 0.4) is 0 Å². The van der Waals surface area contributed by atoms with Gasteiger partial charge in [0.1, 0.15) is 5.51 Å². The molecule has 1 aromatic heterocycles. The van der Waals surface area contributed by atoms with Gasteiger partial charge in [0.15, 0.2) is 0 Å². The molecule has 0 spiro atoms. The van der Waals surface area contributed by atoms with Crippen LogP contribution < -0.4 is 10.2 Å². The zero-order valence-electron chi connectivity index (χ0n) is 18.1. The first kappa shape index (κ1) is 22.2. The average Bonchev–Trinajstić information content (AvgIpc) is 3.26. The largest absolute Gasteiger partial charge is 0.378 e. The van der Waals surface area contributed by atoms with Gasteiger partial charge in [-0.2, -0.15) is 0 Å². The summed E-state index contributed by atoms with van der Waals surface area (Å²) in [6.07, 6.45) is 6.10. The number of morpholine rings is 1. The Kier molecular flexibility index (Phi) is 7.39. The molecule has 1 unspecified atom stereocenters. The van der Waals surface area contributed by atoms with E-state index in [1.54, 1.807) is 5.51 Å². The number of nitrogens with one attached hydrogen (secondary N) is 1. The summed E-state index contributed by atoms with van der Waals surface area (Å²) < 4.78 is 5.46. The molecule has 7 heteroatoms. The van der Waals surface area contributed by atoms with Crippen molar-refractivity contribution in [1.82, 2.24) is 10.2 Å². The minimum atomic E-state index is -0.686. The normalized spacial score (nSPS) is 16.7. The summed E-state index contributed by atoms with van der Waals surface area (Å²) in [4.78, 5) is 15.5. The van der Waals surface area contributed by atoms with Crippen LogP contribution in [0.15, 0.2) is 53.6 Å². The fraction of sp³-hybridized carbons (Fsp3) is 0.435. The Hall–Kier alpha value is -2.51. The van der Waals surface area contributed by atoms with Gasteiger partial charge in [0.05, 0.1) is 18.6 Å². The Bertz CT molecular complexity index is 882. The van der Waals surface area contributed by atoms with Gasteiger partial charge in [-0.25, -0.2) is 0 Å². The molecule has 2 heterocycles. The van der Waals surface area contributed by atoms with Gasteiger partial charge in [0.25, 0.3) is 0 Å². The maximum Gasteiger partial charge on any atom is 0.232 e. The van der Waals surface area contributed by atoms with Crippen LogP contribution in [-0.2, 0) is 9.53 Å². The maximum atomic E-state index is 13.2. The van der Waals surface area contributed by atoms with E-state index >= 15 is 0 Å². The summed E-state index contributed by atoms with van der Waals surface area (Å²) in [6, 6.07) is 8.58. The first-order chi connectivity index (χ1) is 14.4. The SMILES string of the molecule is C/C=C\C=C(/C)C(c1ccc(N2CCOCC2)cc1)C(C)(C)C(=O)Nc1nncs1. The first-order valence-corrected chi connectivity index (χ1v) is 11.1. The van der Waals surface area contributed by atoms with E-state index < -0.39 is 5.41 Å². The summed E-state index contributed by atoms with van der Waals surface area (Å²) in [5.74, 6) is -0.157. The Morgan fingerprint density at radius 2 is 1.97 bits per heavy atom. The number of hydrogen-bond donors (Lipinski definition) is 1. The van der Waals surface area contributed by atoms with Crippen molar-refractivity contribution in [3.05, 3.63) is 59.1 Å². The number of anilines is 2. The molecule has 1 aliphatic rings. The van der Waals surface area contributed by atoms with Gasteiger partial charge in [0.2, 0.25) is 11.0 Å². The van der Waals surface area contributed by atoms with Crippen molar-refractivity contribution in [2.24, 2.45) is 5.41 Å². The quantitative estimate of drug-likeness (QED) is 0.653. The predicted molar refractivity (Wildman–Crippen MR) is 123 cm³/mol. The number of carbonyl (C=O) groups excluding carboxylic acids is 1. The van der Waals surface area contributed by atoms with E-state index in [9.17, 15) is 4.79 Å². The second kappa shape index (κ2) is 10.00. The van der Waals surface area contributed by atoms with Crippen LogP contribution in [0.4, 0.5) is 10.8 Å². The third kappa shape index (κ3) is 5.15. The smallest absolute Gasteiger partial charge is 0.232 e. The molecule has 1 aromatic carbocycles. The van der Waals surface area contributed by atoms with E-state index in [2.05, 4.69) is 57.7 Å². The van der Waals surface area contributed by atoms with Crippen molar-refractivity contribution in [2.75, 3.05) is 36.5 Å². The number of amides is 1. The summed E-state index contributed by atoms with van der Waals surface area (Å²) >= 11 is 1.32. The number of hydrogen-bond acceptors (Lipinski definition) is 6. The van der Waals surface area contributed by atoms with Crippen molar-refractivity contribution >= 4 is 28.1 Å². The van der Waals surface area contributed by atoms with Crippen LogP contribution in [-0.4, -0.2) is 42.4 Å². The summed E-state index contributed by atoms with van der Waals surface area (Å²) in [5, 5.41) is 11.2. The Balaban J connectivity index is 1.90. The Morgan fingerprint density at radius 1 is 1.27 bits per heavy atom. The average molecular weight is 427 g/mol. The fourth-order valence-electron chi connectivity index (χ4n) is 3.91. The molecule has 1 aliphatic heterocycles. The zero-order chi connectivity index (χ0) is 21.6. The zero-order valence-corrected chi connectivity index (χ0v) is 18.9. The van der Waals surface area contributed by atoms with Gasteiger partial charge >= 0.3 is 0 Å². The van der Waals surface area contributed by atoms with E-state index in [1.165, 1.54) is 17.0 Å². The molecule has 1 N–H and O–H groups in total. The molecular weight excluding hydrogens is 396 g/mol. The van der Waals surface area contributed by atoms with Crippen LogP contribution in [0, 0.1) is 5.41 Å². The molecular formula is C23H30N4O2S. The number of nitrogens with zero attached hydrogens (tertiary/aromatic N) is 3. The highest BCUT2D eigenvalue weighted by atomic mass is 32.1. The van der Waals surface area contributed by atoms with E-state index in [-0.39, 0.29) is 11.8 Å². The molecule has 1 saturated heterocycles. The molecule has 6 nitrogen and oxygen atoms in total. The van der Waals surface area contributed by atoms with Crippen molar-refractivity contribution < 1.29 is 9.53 Å². The molecule has 30 heavy (non-hydrogen) atoms. The van der Waals surface area contributed by atoms with Gasteiger partial charge in [0, 0.05) is 24.7 Å². The van der Waals surface area contributed by atoms with Crippen molar-refractivity contribution in [1.29, 1.82) is 0 Å². The lowest BCUT2D eigenvalue weighted by Gasteiger charge is -2.35. The van der Waals surface area contributed by atoms with Crippen LogP contribution in [0.1, 0.15) is 39.2 Å². The van der Waals surface area contributed by atoms with Gasteiger partial charge in [-0.1, -0.05) is 61.1 Å². The van der Waals surface area contributed by atoms with Gasteiger partial charge in [-0.3, -0.25) is 4.79 Å². The fourth-order valence-corrected chi connectivity index (χ4v) is 4.35. The van der Waals surface area contributed by atoms with E-state index in [0.717, 1.165) is 37.4 Å². The van der Waals surface area contributed by atoms with Crippen molar-refractivity contribution in [3.63, 3.8) is 0 Å². The predicted octanol–water partition coefficient (Wildman–Crippen LogP) is 4.65. The van der Waals surface area contributed by atoms with E-state index in [1.807, 2.05) is 32.9 Å². The van der Waals surface area contributed by atoms with E-state index in [4.69, 9.17) is 4.74 Å². The number of allylic oxidation sites excluding steroid dienone is 4. The molecule has 0 aliphatic carbocycles. The second-order valence-corrected chi connectivity index (χ2v) is 8.81. The molecule has 1 atom stereocenters.